The van der Waals surface area contributed by atoms with E-state index in [-0.39, 0.29) is 18.2 Å². The highest BCUT2D eigenvalue weighted by atomic mass is 35.5. The maximum Gasteiger partial charge on any atom is 0.326 e. The van der Waals surface area contributed by atoms with E-state index in [1.54, 1.807) is 18.2 Å². The Kier molecular flexibility index (Phi) is 4.50. The summed E-state index contributed by atoms with van der Waals surface area (Å²) < 4.78 is 0. The first kappa shape index (κ1) is 16.1. The van der Waals surface area contributed by atoms with Crippen LogP contribution in [0.3, 0.4) is 0 Å². The molecule has 2 aliphatic heterocycles. The minimum absolute atomic E-state index is 0.0116. The SMILES string of the molecule is O=C1Nc2cc(Cl)ccc2SC1CC(=O)N1CCCC1C(=O)O. The van der Waals surface area contributed by atoms with Gasteiger partial charge in [0.15, 0.2) is 0 Å². The second-order valence-corrected chi connectivity index (χ2v) is 7.20. The lowest BCUT2D eigenvalue weighted by atomic mass is 10.2. The molecule has 0 bridgehead atoms. The lowest BCUT2D eigenvalue weighted by Gasteiger charge is -2.27. The van der Waals surface area contributed by atoms with Gasteiger partial charge in [-0.15, -0.1) is 11.8 Å². The van der Waals surface area contributed by atoms with Crippen molar-refractivity contribution in [2.24, 2.45) is 0 Å². The molecule has 2 N–H and O–H groups in total. The van der Waals surface area contributed by atoms with Crippen LogP contribution in [0.2, 0.25) is 5.02 Å². The molecule has 2 heterocycles. The average molecular weight is 355 g/mol. The molecule has 122 valence electrons. The van der Waals surface area contributed by atoms with E-state index in [1.165, 1.54) is 16.7 Å². The van der Waals surface area contributed by atoms with Gasteiger partial charge in [-0.05, 0) is 31.0 Å². The summed E-state index contributed by atoms with van der Waals surface area (Å²) in [4.78, 5) is 38.0. The molecule has 0 spiro atoms. The van der Waals surface area contributed by atoms with Gasteiger partial charge in [0.2, 0.25) is 11.8 Å². The zero-order valence-electron chi connectivity index (χ0n) is 12.1. The number of fused-ring (bicyclic) bond motifs is 1. The van der Waals surface area contributed by atoms with Crippen molar-refractivity contribution < 1.29 is 19.5 Å². The van der Waals surface area contributed by atoms with Crippen LogP contribution in [0.25, 0.3) is 0 Å². The van der Waals surface area contributed by atoms with E-state index in [9.17, 15) is 14.4 Å². The van der Waals surface area contributed by atoms with Crippen LogP contribution in [-0.2, 0) is 14.4 Å². The molecule has 1 aromatic carbocycles. The fourth-order valence-electron chi connectivity index (χ4n) is 2.85. The van der Waals surface area contributed by atoms with Gasteiger partial charge in [-0.25, -0.2) is 4.79 Å². The van der Waals surface area contributed by atoms with Gasteiger partial charge in [-0.3, -0.25) is 9.59 Å². The van der Waals surface area contributed by atoms with Crippen LogP contribution in [0.5, 0.6) is 0 Å². The van der Waals surface area contributed by atoms with Crippen LogP contribution in [-0.4, -0.2) is 45.6 Å². The van der Waals surface area contributed by atoms with Crippen molar-refractivity contribution in [3.63, 3.8) is 0 Å². The van der Waals surface area contributed by atoms with Gasteiger partial charge < -0.3 is 15.3 Å². The Morgan fingerprint density at radius 1 is 1.43 bits per heavy atom. The Balaban J connectivity index is 1.71. The number of carboxylic acids is 1. The second-order valence-electron chi connectivity index (χ2n) is 5.52. The van der Waals surface area contributed by atoms with Crippen LogP contribution in [0, 0.1) is 0 Å². The highest BCUT2D eigenvalue weighted by molar-refractivity contribution is 8.01. The molecule has 3 rings (SSSR count). The molecule has 23 heavy (non-hydrogen) atoms. The van der Waals surface area contributed by atoms with Crippen LogP contribution in [0.1, 0.15) is 19.3 Å². The number of thioether (sulfide) groups is 1. The number of rotatable bonds is 3. The largest absolute Gasteiger partial charge is 0.480 e. The number of likely N-dealkylation sites (tertiary alicyclic amines) is 1. The number of nitrogens with one attached hydrogen (secondary N) is 1. The van der Waals surface area contributed by atoms with E-state index >= 15 is 0 Å². The molecule has 2 unspecified atom stereocenters. The minimum atomic E-state index is -0.989. The number of aliphatic carboxylic acids is 1. The van der Waals surface area contributed by atoms with Crippen molar-refractivity contribution in [1.29, 1.82) is 0 Å². The maximum absolute atomic E-state index is 12.4. The number of amides is 2. The Bertz CT molecular complexity index is 681. The number of halogens is 1. The number of nitrogens with zero attached hydrogens (tertiary/aromatic N) is 1. The maximum atomic E-state index is 12.4. The van der Waals surface area contributed by atoms with E-state index in [0.29, 0.717) is 30.1 Å². The van der Waals surface area contributed by atoms with Gasteiger partial charge in [0.05, 0.1) is 10.9 Å². The third-order valence-electron chi connectivity index (χ3n) is 3.98. The van der Waals surface area contributed by atoms with E-state index in [1.807, 2.05) is 0 Å². The smallest absolute Gasteiger partial charge is 0.326 e. The molecule has 0 radical (unpaired) electrons. The van der Waals surface area contributed by atoms with E-state index in [0.717, 1.165) is 4.90 Å². The monoisotopic (exact) mass is 354 g/mol. The van der Waals surface area contributed by atoms with Crippen molar-refractivity contribution in [3.8, 4) is 0 Å². The predicted molar refractivity (Wildman–Crippen MR) is 86.7 cm³/mol. The number of carboxylic acid groups (broad SMARTS) is 1. The summed E-state index contributed by atoms with van der Waals surface area (Å²) in [5.41, 5.74) is 0.640. The summed E-state index contributed by atoms with van der Waals surface area (Å²) >= 11 is 7.20. The third-order valence-corrected chi connectivity index (χ3v) is 5.49. The number of benzene rings is 1. The van der Waals surface area contributed by atoms with E-state index < -0.39 is 17.3 Å². The number of hydrogen-bond acceptors (Lipinski definition) is 4. The molecular weight excluding hydrogens is 340 g/mol. The Hall–Kier alpha value is -1.73. The zero-order valence-corrected chi connectivity index (χ0v) is 13.7. The highest BCUT2D eigenvalue weighted by Crippen LogP contribution is 2.38. The topological polar surface area (TPSA) is 86.7 Å². The molecule has 1 fully saturated rings. The first-order valence-electron chi connectivity index (χ1n) is 7.25. The summed E-state index contributed by atoms with van der Waals surface area (Å²) in [6.07, 6.45) is 1.13. The first-order valence-corrected chi connectivity index (χ1v) is 8.51. The molecule has 0 aliphatic carbocycles. The fourth-order valence-corrected chi connectivity index (χ4v) is 4.11. The van der Waals surface area contributed by atoms with Crippen LogP contribution in [0.4, 0.5) is 5.69 Å². The van der Waals surface area contributed by atoms with Crippen LogP contribution < -0.4 is 5.32 Å². The summed E-state index contributed by atoms with van der Waals surface area (Å²) in [6, 6.07) is 4.42. The van der Waals surface area contributed by atoms with Crippen molar-refractivity contribution in [2.75, 3.05) is 11.9 Å². The third kappa shape index (κ3) is 3.30. The highest BCUT2D eigenvalue weighted by Gasteiger charge is 2.37. The molecule has 1 saturated heterocycles. The van der Waals surface area contributed by atoms with Crippen molar-refractivity contribution in [3.05, 3.63) is 23.2 Å². The van der Waals surface area contributed by atoms with Gasteiger partial charge in [-0.1, -0.05) is 11.6 Å². The summed E-state index contributed by atoms with van der Waals surface area (Å²) in [6.45, 7) is 0.432. The van der Waals surface area contributed by atoms with Gasteiger partial charge in [0.1, 0.15) is 6.04 Å². The van der Waals surface area contributed by atoms with Gasteiger partial charge in [0.25, 0.3) is 0 Å². The molecule has 2 aliphatic rings. The predicted octanol–water partition coefficient (Wildman–Crippen LogP) is 2.22. The quantitative estimate of drug-likeness (QED) is 0.869. The molecule has 0 aromatic heterocycles. The van der Waals surface area contributed by atoms with Gasteiger partial charge >= 0.3 is 5.97 Å². The lowest BCUT2D eigenvalue weighted by Crippen LogP contribution is -2.43. The molecule has 2 amide bonds. The summed E-state index contributed by atoms with van der Waals surface area (Å²) in [5, 5.41) is 11.9. The molecule has 8 heteroatoms. The normalized spacial score (nSPS) is 23.3. The van der Waals surface area contributed by atoms with Crippen molar-refractivity contribution in [2.45, 2.75) is 35.4 Å². The second kappa shape index (κ2) is 6.41. The zero-order chi connectivity index (χ0) is 16.6. The summed E-state index contributed by atoms with van der Waals surface area (Å²) in [5.74, 6) is -1.54. The number of hydrogen-bond donors (Lipinski definition) is 2. The van der Waals surface area contributed by atoms with E-state index in [2.05, 4.69) is 5.32 Å². The lowest BCUT2D eigenvalue weighted by molar-refractivity contribution is -0.148. The molecule has 0 saturated carbocycles. The van der Waals surface area contributed by atoms with Crippen molar-refractivity contribution in [1.82, 2.24) is 4.90 Å². The van der Waals surface area contributed by atoms with Gasteiger partial charge in [0, 0.05) is 22.9 Å². The first-order chi connectivity index (χ1) is 11.0. The van der Waals surface area contributed by atoms with E-state index in [4.69, 9.17) is 16.7 Å². The standard InChI is InChI=1S/C15H15ClN2O4S/c16-8-3-4-11-9(6-8)17-14(20)12(23-11)7-13(19)18-5-1-2-10(18)15(21)22/h3-4,6,10,12H,1-2,5,7H2,(H,17,20)(H,21,22). The molecule has 2 atom stereocenters. The molecule has 1 aromatic rings. The van der Waals surface area contributed by atoms with Gasteiger partial charge in [-0.2, -0.15) is 0 Å². The number of anilines is 1. The fraction of sp³-hybridized carbons (Fsp3) is 0.400. The number of carbonyl (C=O) groups is 3. The minimum Gasteiger partial charge on any atom is -0.480 e. The Morgan fingerprint density at radius 3 is 2.96 bits per heavy atom. The van der Waals surface area contributed by atoms with Crippen LogP contribution in [0.15, 0.2) is 23.1 Å². The molecular formula is C15H15ClN2O4S. The average Bonchev–Trinajstić information content (AvgIpc) is 2.98. The van der Waals surface area contributed by atoms with Crippen LogP contribution >= 0.6 is 23.4 Å². The molecule has 6 nitrogen and oxygen atoms in total. The Morgan fingerprint density at radius 2 is 2.22 bits per heavy atom. The van der Waals surface area contributed by atoms with Crippen molar-refractivity contribution >= 4 is 46.8 Å². The summed E-state index contributed by atoms with van der Waals surface area (Å²) in [7, 11) is 0. The number of carbonyl (C=O) groups excluding carboxylic acids is 2. The Labute approximate surface area is 142 Å².